The fourth-order valence-corrected chi connectivity index (χ4v) is 2.19. The van der Waals surface area contributed by atoms with Gasteiger partial charge in [-0.3, -0.25) is 4.79 Å². The van der Waals surface area contributed by atoms with Crippen LogP contribution in [0, 0.1) is 0 Å². The minimum absolute atomic E-state index is 0.0665. The molecule has 0 aliphatic heterocycles. The van der Waals surface area contributed by atoms with Crippen LogP contribution in [-0.2, 0) is 4.79 Å². The molecule has 0 aromatic heterocycles. The fourth-order valence-electron chi connectivity index (χ4n) is 2.19. The lowest BCUT2D eigenvalue weighted by atomic mass is 10.1. The Balaban J connectivity index is 1.87. The smallest absolute Gasteiger partial charge is 0.387 e. The van der Waals surface area contributed by atoms with Crippen LogP contribution in [0.5, 0.6) is 17.2 Å². The van der Waals surface area contributed by atoms with Crippen molar-refractivity contribution in [1.29, 1.82) is 0 Å². The van der Waals surface area contributed by atoms with Gasteiger partial charge in [0, 0.05) is 0 Å². The van der Waals surface area contributed by atoms with Gasteiger partial charge in [0.1, 0.15) is 5.75 Å². The molecule has 5 nitrogen and oxygen atoms in total. The van der Waals surface area contributed by atoms with Crippen molar-refractivity contribution in [2.24, 2.45) is 0 Å². The topological polar surface area (TPSA) is 56.8 Å². The third-order valence-corrected chi connectivity index (χ3v) is 3.41. The molecule has 1 unspecified atom stereocenters. The van der Waals surface area contributed by atoms with Gasteiger partial charge in [-0.2, -0.15) is 8.78 Å². The average Bonchev–Trinajstić information content (AvgIpc) is 2.60. The molecule has 7 heteroatoms. The SMILES string of the molecule is COc1ccccc1OCC(=O)NC(C)c1ccc(OC(F)F)cc1. The van der Waals surface area contributed by atoms with E-state index in [1.54, 1.807) is 43.3 Å². The van der Waals surface area contributed by atoms with Crippen LogP contribution >= 0.6 is 0 Å². The monoisotopic (exact) mass is 351 g/mol. The summed E-state index contributed by atoms with van der Waals surface area (Å²) < 4.78 is 39.1. The van der Waals surface area contributed by atoms with Crippen molar-refractivity contribution >= 4 is 5.91 Å². The van der Waals surface area contributed by atoms with Gasteiger partial charge in [0.25, 0.3) is 5.91 Å². The van der Waals surface area contributed by atoms with Crippen LogP contribution in [0.2, 0.25) is 0 Å². The molecule has 0 heterocycles. The van der Waals surface area contributed by atoms with Gasteiger partial charge < -0.3 is 19.5 Å². The predicted molar refractivity (Wildman–Crippen MR) is 88.1 cm³/mol. The van der Waals surface area contributed by atoms with Crippen molar-refractivity contribution in [2.75, 3.05) is 13.7 Å². The first-order chi connectivity index (χ1) is 12.0. The largest absolute Gasteiger partial charge is 0.493 e. The normalized spacial score (nSPS) is 11.7. The van der Waals surface area contributed by atoms with Crippen molar-refractivity contribution in [1.82, 2.24) is 5.32 Å². The van der Waals surface area contributed by atoms with Crippen LogP contribution in [0.1, 0.15) is 18.5 Å². The van der Waals surface area contributed by atoms with E-state index in [4.69, 9.17) is 9.47 Å². The van der Waals surface area contributed by atoms with Crippen LogP contribution in [0.15, 0.2) is 48.5 Å². The molecule has 0 aliphatic carbocycles. The minimum atomic E-state index is -2.87. The molecule has 0 bridgehead atoms. The van der Waals surface area contributed by atoms with E-state index in [1.807, 2.05) is 0 Å². The summed E-state index contributed by atoms with van der Waals surface area (Å²) in [5, 5.41) is 2.77. The van der Waals surface area contributed by atoms with Gasteiger partial charge in [-0.05, 0) is 36.8 Å². The minimum Gasteiger partial charge on any atom is -0.493 e. The number of carbonyl (C=O) groups excluding carboxylic acids is 1. The number of halogens is 2. The van der Waals surface area contributed by atoms with Crippen LogP contribution in [0.3, 0.4) is 0 Å². The molecule has 0 saturated heterocycles. The quantitative estimate of drug-likeness (QED) is 0.790. The zero-order valence-corrected chi connectivity index (χ0v) is 13.9. The molecule has 0 radical (unpaired) electrons. The molecule has 1 amide bonds. The Hall–Kier alpha value is -2.83. The summed E-state index contributed by atoms with van der Waals surface area (Å²) >= 11 is 0. The van der Waals surface area contributed by atoms with E-state index in [2.05, 4.69) is 10.1 Å². The molecule has 0 spiro atoms. The highest BCUT2D eigenvalue weighted by Crippen LogP contribution is 2.25. The molecule has 1 atom stereocenters. The Morgan fingerprint density at radius 3 is 2.32 bits per heavy atom. The average molecular weight is 351 g/mol. The van der Waals surface area contributed by atoms with Gasteiger partial charge in [0.15, 0.2) is 18.1 Å². The van der Waals surface area contributed by atoms with Gasteiger partial charge in [-0.25, -0.2) is 0 Å². The number of ether oxygens (including phenoxy) is 3. The number of nitrogens with one attached hydrogen (secondary N) is 1. The highest BCUT2D eigenvalue weighted by atomic mass is 19.3. The van der Waals surface area contributed by atoms with Crippen LogP contribution < -0.4 is 19.5 Å². The Labute approximate surface area is 144 Å². The predicted octanol–water partition coefficient (Wildman–Crippen LogP) is 3.55. The van der Waals surface area contributed by atoms with E-state index < -0.39 is 6.61 Å². The Bertz CT molecular complexity index is 692. The third kappa shape index (κ3) is 5.63. The zero-order valence-electron chi connectivity index (χ0n) is 13.9. The number of alkyl halides is 2. The molecule has 0 saturated carbocycles. The number of carbonyl (C=O) groups is 1. The second kappa shape index (κ2) is 8.86. The van der Waals surface area contributed by atoms with E-state index in [1.165, 1.54) is 19.2 Å². The molecule has 2 aromatic rings. The van der Waals surface area contributed by atoms with Crippen LogP contribution in [0.25, 0.3) is 0 Å². The second-order valence-corrected chi connectivity index (χ2v) is 5.18. The number of para-hydroxylation sites is 2. The first-order valence-corrected chi connectivity index (χ1v) is 7.59. The summed E-state index contributed by atoms with van der Waals surface area (Å²) in [5.41, 5.74) is 0.757. The maximum Gasteiger partial charge on any atom is 0.387 e. The van der Waals surface area contributed by atoms with E-state index in [0.717, 1.165) is 5.56 Å². The summed E-state index contributed by atoms with van der Waals surface area (Å²) in [6, 6.07) is 12.8. The van der Waals surface area contributed by atoms with E-state index in [-0.39, 0.29) is 24.3 Å². The Kier molecular flexibility index (Phi) is 6.56. The molecule has 1 N–H and O–H groups in total. The summed E-state index contributed by atoms with van der Waals surface area (Å²) in [6.45, 7) is -1.25. The van der Waals surface area contributed by atoms with Gasteiger partial charge in [-0.15, -0.1) is 0 Å². The highest BCUT2D eigenvalue weighted by Gasteiger charge is 2.12. The number of benzene rings is 2. The Morgan fingerprint density at radius 2 is 1.72 bits per heavy atom. The van der Waals surface area contributed by atoms with Crippen molar-refractivity contribution < 1.29 is 27.8 Å². The summed E-state index contributed by atoms with van der Waals surface area (Å²) in [5.74, 6) is 0.766. The second-order valence-electron chi connectivity index (χ2n) is 5.18. The lowest BCUT2D eigenvalue weighted by Gasteiger charge is -2.16. The number of methoxy groups -OCH3 is 1. The van der Waals surface area contributed by atoms with Crippen molar-refractivity contribution in [3.8, 4) is 17.2 Å². The van der Waals surface area contributed by atoms with Crippen LogP contribution in [0.4, 0.5) is 8.78 Å². The zero-order chi connectivity index (χ0) is 18.2. The van der Waals surface area contributed by atoms with Crippen molar-refractivity contribution in [2.45, 2.75) is 19.6 Å². The summed E-state index contributed by atoms with van der Waals surface area (Å²) in [6.07, 6.45) is 0. The van der Waals surface area contributed by atoms with Crippen molar-refractivity contribution in [3.63, 3.8) is 0 Å². The third-order valence-electron chi connectivity index (χ3n) is 3.41. The molecular weight excluding hydrogens is 332 g/mol. The van der Waals surface area contributed by atoms with Gasteiger partial charge in [0.05, 0.1) is 13.2 Å². The van der Waals surface area contributed by atoms with Gasteiger partial charge >= 0.3 is 6.61 Å². The molecule has 0 fully saturated rings. The number of hydrogen-bond donors (Lipinski definition) is 1. The van der Waals surface area contributed by atoms with E-state index >= 15 is 0 Å². The fraction of sp³-hybridized carbons (Fsp3) is 0.278. The number of rotatable bonds is 8. The van der Waals surface area contributed by atoms with Gasteiger partial charge in [-0.1, -0.05) is 24.3 Å². The molecule has 134 valence electrons. The summed E-state index contributed by atoms with van der Waals surface area (Å²) in [4.78, 5) is 12.0. The molecule has 0 aliphatic rings. The lowest BCUT2D eigenvalue weighted by Crippen LogP contribution is -2.31. The number of amides is 1. The maximum absolute atomic E-state index is 12.1. The first-order valence-electron chi connectivity index (χ1n) is 7.59. The number of hydrogen-bond acceptors (Lipinski definition) is 4. The highest BCUT2D eigenvalue weighted by molar-refractivity contribution is 5.78. The van der Waals surface area contributed by atoms with E-state index in [9.17, 15) is 13.6 Å². The first kappa shape index (κ1) is 18.5. The lowest BCUT2D eigenvalue weighted by molar-refractivity contribution is -0.123. The summed E-state index contributed by atoms with van der Waals surface area (Å²) in [7, 11) is 1.52. The van der Waals surface area contributed by atoms with Gasteiger partial charge in [0.2, 0.25) is 0 Å². The molecule has 25 heavy (non-hydrogen) atoms. The molecular formula is C18H19F2NO4. The van der Waals surface area contributed by atoms with E-state index in [0.29, 0.717) is 11.5 Å². The maximum atomic E-state index is 12.1. The molecule has 2 aromatic carbocycles. The van der Waals surface area contributed by atoms with Crippen LogP contribution in [-0.4, -0.2) is 26.2 Å². The standard InChI is InChI=1S/C18H19F2NO4/c1-12(13-7-9-14(10-8-13)25-18(19)20)21-17(22)11-24-16-6-4-3-5-15(16)23-2/h3-10,12,18H,11H2,1-2H3,(H,21,22). The van der Waals surface area contributed by atoms with Crippen molar-refractivity contribution in [3.05, 3.63) is 54.1 Å². The Morgan fingerprint density at radius 1 is 1.08 bits per heavy atom. The molecule has 2 rings (SSSR count).